The summed E-state index contributed by atoms with van der Waals surface area (Å²) < 4.78 is 11.5. The molecule has 2 aromatic heterocycles. The standard InChI is InChI=1S/C16H13BrN2O3S2/c1-21-9-3-4-12(22-2)10(7-9)15(20)19-16-18-11(8-23-16)13-5-6-14(17)24-13/h3-8H,1-2H3,(H,18,19,20). The molecule has 1 N–H and O–H groups in total. The molecule has 2 heterocycles. The summed E-state index contributed by atoms with van der Waals surface area (Å²) in [6.07, 6.45) is 0. The van der Waals surface area contributed by atoms with Gasteiger partial charge in [0.15, 0.2) is 5.13 Å². The summed E-state index contributed by atoms with van der Waals surface area (Å²) in [6.45, 7) is 0. The Hall–Kier alpha value is -1.90. The number of carbonyl (C=O) groups is 1. The van der Waals surface area contributed by atoms with Crippen molar-refractivity contribution in [1.29, 1.82) is 0 Å². The Morgan fingerprint density at radius 1 is 1.21 bits per heavy atom. The second kappa shape index (κ2) is 7.33. The van der Waals surface area contributed by atoms with Gasteiger partial charge in [0.05, 0.1) is 34.1 Å². The molecule has 1 aromatic carbocycles. The van der Waals surface area contributed by atoms with E-state index in [0.717, 1.165) is 14.4 Å². The molecule has 0 radical (unpaired) electrons. The van der Waals surface area contributed by atoms with Crippen molar-refractivity contribution >= 4 is 49.6 Å². The molecule has 0 unspecified atom stereocenters. The summed E-state index contributed by atoms with van der Waals surface area (Å²) in [4.78, 5) is 18.0. The van der Waals surface area contributed by atoms with Gasteiger partial charge in [0.2, 0.25) is 0 Å². The minimum atomic E-state index is -0.293. The molecule has 0 aliphatic carbocycles. The zero-order valence-electron chi connectivity index (χ0n) is 12.8. The number of aromatic nitrogens is 1. The van der Waals surface area contributed by atoms with Gasteiger partial charge in [-0.1, -0.05) is 0 Å². The highest BCUT2D eigenvalue weighted by Gasteiger charge is 2.16. The molecule has 0 fully saturated rings. The number of halogens is 1. The lowest BCUT2D eigenvalue weighted by atomic mass is 10.2. The number of thiophene rings is 1. The smallest absolute Gasteiger partial charge is 0.261 e. The van der Waals surface area contributed by atoms with Crippen LogP contribution in [0.2, 0.25) is 0 Å². The predicted octanol–water partition coefficient (Wildman–Crippen LogP) is 4.90. The number of methoxy groups -OCH3 is 2. The van der Waals surface area contributed by atoms with E-state index in [4.69, 9.17) is 9.47 Å². The van der Waals surface area contributed by atoms with Gasteiger partial charge in [-0.3, -0.25) is 10.1 Å². The summed E-state index contributed by atoms with van der Waals surface area (Å²) in [5.41, 5.74) is 1.23. The molecule has 0 aliphatic rings. The highest BCUT2D eigenvalue weighted by atomic mass is 79.9. The molecule has 3 rings (SSSR count). The first-order valence-electron chi connectivity index (χ1n) is 6.85. The van der Waals surface area contributed by atoms with Gasteiger partial charge in [-0.25, -0.2) is 4.98 Å². The normalized spacial score (nSPS) is 10.5. The van der Waals surface area contributed by atoms with Crippen molar-refractivity contribution in [3.63, 3.8) is 0 Å². The van der Waals surface area contributed by atoms with Gasteiger partial charge >= 0.3 is 0 Å². The van der Waals surface area contributed by atoms with Crippen LogP contribution in [0, 0.1) is 0 Å². The first-order chi connectivity index (χ1) is 11.6. The quantitative estimate of drug-likeness (QED) is 0.632. The van der Waals surface area contributed by atoms with Gasteiger partial charge in [0.1, 0.15) is 11.5 Å². The van der Waals surface area contributed by atoms with Gasteiger partial charge in [0.25, 0.3) is 5.91 Å². The number of nitrogens with one attached hydrogen (secondary N) is 1. The lowest BCUT2D eigenvalue weighted by Gasteiger charge is -2.09. The van der Waals surface area contributed by atoms with Crippen LogP contribution < -0.4 is 14.8 Å². The maximum atomic E-state index is 12.5. The monoisotopic (exact) mass is 424 g/mol. The van der Waals surface area contributed by atoms with Crippen LogP contribution in [0.4, 0.5) is 5.13 Å². The minimum Gasteiger partial charge on any atom is -0.497 e. The van der Waals surface area contributed by atoms with Crippen LogP contribution in [0.25, 0.3) is 10.6 Å². The summed E-state index contributed by atoms with van der Waals surface area (Å²) >= 11 is 6.40. The number of hydrogen-bond donors (Lipinski definition) is 1. The molecular formula is C16H13BrN2O3S2. The third kappa shape index (κ3) is 3.61. The van der Waals surface area contributed by atoms with Crippen molar-refractivity contribution in [2.45, 2.75) is 0 Å². The molecule has 124 valence electrons. The maximum Gasteiger partial charge on any atom is 0.261 e. The maximum absolute atomic E-state index is 12.5. The van der Waals surface area contributed by atoms with Crippen LogP contribution >= 0.6 is 38.6 Å². The average Bonchev–Trinajstić information content (AvgIpc) is 3.23. The van der Waals surface area contributed by atoms with E-state index in [0.29, 0.717) is 22.2 Å². The second-order valence-electron chi connectivity index (χ2n) is 4.66. The number of rotatable bonds is 5. The van der Waals surface area contributed by atoms with E-state index in [1.165, 1.54) is 18.4 Å². The Kier molecular flexibility index (Phi) is 5.17. The Labute approximate surface area is 155 Å². The van der Waals surface area contributed by atoms with E-state index in [9.17, 15) is 4.79 Å². The molecule has 0 saturated heterocycles. The molecule has 0 spiro atoms. The van der Waals surface area contributed by atoms with Crippen molar-refractivity contribution in [3.8, 4) is 22.1 Å². The Morgan fingerprint density at radius 2 is 2.04 bits per heavy atom. The van der Waals surface area contributed by atoms with Gasteiger partial charge in [-0.15, -0.1) is 22.7 Å². The molecule has 5 nitrogen and oxygen atoms in total. The molecular weight excluding hydrogens is 412 g/mol. The van der Waals surface area contributed by atoms with Crippen LogP contribution in [0.3, 0.4) is 0 Å². The largest absolute Gasteiger partial charge is 0.497 e. The Balaban J connectivity index is 1.81. The summed E-state index contributed by atoms with van der Waals surface area (Å²) in [5, 5.41) is 5.25. The summed E-state index contributed by atoms with van der Waals surface area (Å²) in [5.74, 6) is 0.774. The number of amides is 1. The van der Waals surface area contributed by atoms with Gasteiger partial charge < -0.3 is 9.47 Å². The van der Waals surface area contributed by atoms with E-state index in [2.05, 4.69) is 26.2 Å². The minimum absolute atomic E-state index is 0.293. The van der Waals surface area contributed by atoms with Crippen LogP contribution in [0.1, 0.15) is 10.4 Å². The van der Waals surface area contributed by atoms with Crippen molar-refractivity contribution in [2.24, 2.45) is 0 Å². The summed E-state index contributed by atoms with van der Waals surface area (Å²) in [7, 11) is 3.07. The fraction of sp³-hybridized carbons (Fsp3) is 0.125. The first-order valence-corrected chi connectivity index (χ1v) is 9.34. The molecule has 0 aliphatic heterocycles. The van der Waals surface area contributed by atoms with E-state index >= 15 is 0 Å². The Bertz CT molecular complexity index is 876. The number of nitrogens with zero attached hydrogens (tertiary/aromatic N) is 1. The van der Waals surface area contributed by atoms with Gasteiger partial charge in [0, 0.05) is 5.38 Å². The zero-order chi connectivity index (χ0) is 17.1. The third-order valence-electron chi connectivity index (χ3n) is 3.20. The number of ether oxygens (including phenoxy) is 2. The Morgan fingerprint density at radius 3 is 2.71 bits per heavy atom. The topological polar surface area (TPSA) is 60.5 Å². The van der Waals surface area contributed by atoms with Crippen LogP contribution in [0.5, 0.6) is 11.5 Å². The van der Waals surface area contributed by atoms with Crippen molar-refractivity contribution in [2.75, 3.05) is 19.5 Å². The number of carbonyl (C=O) groups excluding carboxylic acids is 1. The number of hydrogen-bond acceptors (Lipinski definition) is 6. The summed E-state index contributed by atoms with van der Waals surface area (Å²) in [6, 6.07) is 9.04. The first kappa shape index (κ1) is 16.9. The van der Waals surface area contributed by atoms with E-state index in [-0.39, 0.29) is 5.91 Å². The highest BCUT2D eigenvalue weighted by molar-refractivity contribution is 9.11. The fourth-order valence-electron chi connectivity index (χ4n) is 2.05. The van der Waals surface area contributed by atoms with Crippen molar-refractivity contribution < 1.29 is 14.3 Å². The van der Waals surface area contributed by atoms with Crippen molar-refractivity contribution in [1.82, 2.24) is 4.98 Å². The van der Waals surface area contributed by atoms with E-state index < -0.39 is 0 Å². The SMILES string of the molecule is COc1ccc(OC)c(C(=O)Nc2nc(-c3ccc(Br)s3)cs2)c1. The molecule has 1 amide bonds. The van der Waals surface area contributed by atoms with Crippen LogP contribution in [0.15, 0.2) is 39.5 Å². The lowest BCUT2D eigenvalue weighted by molar-refractivity contribution is 0.102. The second-order valence-corrected chi connectivity index (χ2v) is 7.98. The predicted molar refractivity (Wildman–Crippen MR) is 101 cm³/mol. The number of thiazole rings is 1. The third-order valence-corrected chi connectivity index (χ3v) is 5.61. The molecule has 0 atom stereocenters. The molecule has 0 saturated carbocycles. The lowest BCUT2D eigenvalue weighted by Crippen LogP contribution is -2.13. The van der Waals surface area contributed by atoms with Gasteiger partial charge in [-0.05, 0) is 46.3 Å². The van der Waals surface area contributed by atoms with Crippen molar-refractivity contribution in [3.05, 3.63) is 45.1 Å². The number of benzene rings is 1. The van der Waals surface area contributed by atoms with Gasteiger partial charge in [-0.2, -0.15) is 0 Å². The molecule has 0 bridgehead atoms. The fourth-order valence-corrected chi connectivity index (χ4v) is 4.18. The average molecular weight is 425 g/mol. The zero-order valence-corrected chi connectivity index (χ0v) is 16.0. The van der Waals surface area contributed by atoms with E-state index in [1.807, 2.05) is 17.5 Å². The molecule has 3 aromatic rings. The van der Waals surface area contributed by atoms with Crippen LogP contribution in [-0.2, 0) is 0 Å². The number of anilines is 1. The van der Waals surface area contributed by atoms with Crippen LogP contribution in [-0.4, -0.2) is 25.1 Å². The van der Waals surface area contributed by atoms with E-state index in [1.54, 1.807) is 36.6 Å². The molecule has 8 heteroatoms. The molecule has 24 heavy (non-hydrogen) atoms. The highest BCUT2D eigenvalue weighted by Crippen LogP contribution is 2.33.